The average molecular weight is 815 g/mol. The van der Waals surface area contributed by atoms with Crippen molar-refractivity contribution in [2.24, 2.45) is 5.92 Å². The zero-order chi connectivity index (χ0) is 39.9. The Bertz CT molecular complexity index is 1910. The number of benzene rings is 5. The van der Waals surface area contributed by atoms with Crippen LogP contribution in [0.1, 0.15) is 59.9 Å². The molecule has 1 saturated carbocycles. The highest BCUT2D eigenvalue weighted by Gasteiger charge is 2.44. The van der Waals surface area contributed by atoms with E-state index < -0.39 is 85.0 Å². The van der Waals surface area contributed by atoms with Crippen LogP contribution in [-0.4, -0.2) is 5.66 Å². The highest BCUT2D eigenvalue weighted by molar-refractivity contribution is 7.80. The van der Waals surface area contributed by atoms with Gasteiger partial charge in [-0.25, -0.2) is 0 Å². The summed E-state index contributed by atoms with van der Waals surface area (Å²) < 4.78 is 170. The zero-order valence-electron chi connectivity index (χ0n) is 28.8. The first-order chi connectivity index (χ1) is 25.7. The standard InChI is InChI=1S/C41H32F12P2/c1-25(34-16-10-17-35(34)36-15-8-9-18-37(36)55(30-11-4-2-5-12-30)31-13-6-3-7-14-31)54(32-21-26(38(42,43)44)19-27(22-32)39(45,46)47)33-23-28(40(48,49)50)20-29(24-33)41(51,52)53/h2-9,11-15,18-25,34-35H,10,16-17H2,1H3/t25-,34+,35?/m0/s1. The first kappa shape index (κ1) is 40.8. The average Bonchev–Trinajstić information content (AvgIpc) is 3.61. The molecule has 0 aromatic heterocycles. The van der Waals surface area contributed by atoms with Gasteiger partial charge in [0, 0.05) is 0 Å². The van der Waals surface area contributed by atoms with E-state index in [1.807, 2.05) is 84.9 Å². The Morgan fingerprint density at radius 3 is 1.25 bits per heavy atom. The minimum atomic E-state index is -5.30. The van der Waals surface area contributed by atoms with Gasteiger partial charge in [0.2, 0.25) is 0 Å². The third-order valence-corrected chi connectivity index (χ3v) is 15.2. The van der Waals surface area contributed by atoms with Crippen molar-refractivity contribution in [1.29, 1.82) is 0 Å². The Labute approximate surface area is 312 Å². The molecule has 1 unspecified atom stereocenters. The first-order valence-electron chi connectivity index (χ1n) is 17.1. The summed E-state index contributed by atoms with van der Waals surface area (Å²) in [6.45, 7) is 1.52. The van der Waals surface area contributed by atoms with E-state index in [0.717, 1.165) is 21.5 Å². The van der Waals surface area contributed by atoms with Crippen molar-refractivity contribution < 1.29 is 52.7 Å². The Balaban J connectivity index is 1.56. The zero-order valence-corrected chi connectivity index (χ0v) is 30.6. The van der Waals surface area contributed by atoms with E-state index in [0.29, 0.717) is 43.5 Å². The smallest absolute Gasteiger partial charge is 0.166 e. The van der Waals surface area contributed by atoms with E-state index in [-0.39, 0.29) is 18.1 Å². The molecule has 0 nitrogen and oxygen atoms in total. The molecule has 0 heterocycles. The normalized spacial score (nSPS) is 17.6. The van der Waals surface area contributed by atoms with Crippen molar-refractivity contribution in [3.05, 3.63) is 149 Å². The quantitative estimate of drug-likeness (QED) is 0.108. The molecule has 3 atom stereocenters. The third kappa shape index (κ3) is 9.07. The van der Waals surface area contributed by atoms with Gasteiger partial charge in [-0.3, -0.25) is 0 Å². The Kier molecular flexibility index (Phi) is 11.5. The van der Waals surface area contributed by atoms with Gasteiger partial charge in [-0.1, -0.05) is 98.3 Å². The molecule has 55 heavy (non-hydrogen) atoms. The second kappa shape index (κ2) is 15.6. The van der Waals surface area contributed by atoms with Crippen LogP contribution >= 0.6 is 15.8 Å². The van der Waals surface area contributed by atoms with Crippen molar-refractivity contribution >= 4 is 42.4 Å². The summed E-state index contributed by atoms with van der Waals surface area (Å²) in [6, 6.07) is 28.4. The maximum atomic E-state index is 14.2. The van der Waals surface area contributed by atoms with E-state index >= 15 is 0 Å². The number of hydrogen-bond donors (Lipinski definition) is 0. The second-order valence-electron chi connectivity index (χ2n) is 13.4. The van der Waals surface area contributed by atoms with E-state index in [2.05, 4.69) is 0 Å². The van der Waals surface area contributed by atoms with Gasteiger partial charge in [0.15, 0.2) is 0 Å². The van der Waals surface area contributed by atoms with Crippen molar-refractivity contribution in [2.45, 2.75) is 62.5 Å². The second-order valence-corrected chi connectivity index (χ2v) is 18.2. The summed E-state index contributed by atoms with van der Waals surface area (Å²) in [4.78, 5) is 0. The minimum Gasteiger partial charge on any atom is -0.166 e. The fourth-order valence-corrected chi connectivity index (χ4v) is 13.1. The topological polar surface area (TPSA) is 0 Å². The summed E-state index contributed by atoms with van der Waals surface area (Å²) in [5.41, 5.74) is -6.92. The van der Waals surface area contributed by atoms with Gasteiger partial charge in [-0.2, -0.15) is 52.7 Å². The Hall–Kier alpha value is -3.88. The van der Waals surface area contributed by atoms with Gasteiger partial charge in [0.1, 0.15) is 0 Å². The molecule has 0 spiro atoms. The maximum Gasteiger partial charge on any atom is 0.416 e. The molecule has 14 heteroatoms. The lowest BCUT2D eigenvalue weighted by Crippen LogP contribution is -2.32. The largest absolute Gasteiger partial charge is 0.416 e. The summed E-state index contributed by atoms with van der Waals surface area (Å²) in [5, 5.41) is 1.72. The van der Waals surface area contributed by atoms with Crippen LogP contribution in [0.25, 0.3) is 0 Å². The Morgan fingerprint density at radius 1 is 0.473 bits per heavy atom. The van der Waals surface area contributed by atoms with Gasteiger partial charge in [0.25, 0.3) is 0 Å². The lowest BCUT2D eigenvalue weighted by Gasteiger charge is -2.36. The third-order valence-electron chi connectivity index (χ3n) is 9.90. The van der Waals surface area contributed by atoms with Crippen LogP contribution in [0, 0.1) is 5.92 Å². The maximum absolute atomic E-state index is 14.2. The SMILES string of the molecule is C[C@@H]([C@H]1CCCC1c1ccccc1P(c1ccccc1)c1ccccc1)P(c1cc(C(F)(F)F)cc(C(F)(F)F)c1)c1cc(C(F)(F)F)cc(C(F)(F)F)c1. The van der Waals surface area contributed by atoms with Gasteiger partial charge in [-0.15, -0.1) is 0 Å². The fraction of sp³-hybridized carbons (Fsp3) is 0.268. The molecule has 1 fully saturated rings. The lowest BCUT2D eigenvalue weighted by atomic mass is 9.87. The molecule has 6 rings (SSSR count). The van der Waals surface area contributed by atoms with Crippen LogP contribution in [0.3, 0.4) is 0 Å². The molecular weight excluding hydrogens is 782 g/mol. The molecule has 0 bridgehead atoms. The highest BCUT2D eigenvalue weighted by atomic mass is 31.1. The number of hydrogen-bond acceptors (Lipinski definition) is 0. The van der Waals surface area contributed by atoms with E-state index in [9.17, 15) is 52.7 Å². The van der Waals surface area contributed by atoms with Gasteiger partial charge in [-0.05, 0) is 115 Å². The first-order valence-corrected chi connectivity index (χ1v) is 19.9. The van der Waals surface area contributed by atoms with Gasteiger partial charge < -0.3 is 0 Å². The van der Waals surface area contributed by atoms with Gasteiger partial charge >= 0.3 is 24.7 Å². The molecule has 0 radical (unpaired) electrons. The van der Waals surface area contributed by atoms with Crippen molar-refractivity contribution in [2.75, 3.05) is 0 Å². The molecule has 290 valence electrons. The van der Waals surface area contributed by atoms with Crippen LogP contribution in [0.5, 0.6) is 0 Å². The molecule has 1 aliphatic rings. The summed E-state index contributed by atoms with van der Waals surface area (Å²) in [7, 11) is -3.89. The van der Waals surface area contributed by atoms with Crippen LogP contribution in [-0.2, 0) is 24.7 Å². The van der Waals surface area contributed by atoms with Crippen molar-refractivity contribution in [3.63, 3.8) is 0 Å². The van der Waals surface area contributed by atoms with Crippen LogP contribution < -0.4 is 26.5 Å². The molecule has 5 aromatic rings. The highest BCUT2D eigenvalue weighted by Crippen LogP contribution is 2.54. The molecule has 0 N–H and O–H groups in total. The molecule has 0 saturated heterocycles. The summed E-state index contributed by atoms with van der Waals surface area (Å²) >= 11 is 0. The number of halogens is 12. The van der Waals surface area contributed by atoms with Gasteiger partial charge in [0.05, 0.1) is 22.3 Å². The molecule has 1 aliphatic carbocycles. The van der Waals surface area contributed by atoms with E-state index in [1.54, 1.807) is 0 Å². The number of alkyl halides is 12. The molecule has 0 amide bonds. The number of rotatable bonds is 8. The van der Waals surface area contributed by atoms with Crippen LogP contribution in [0.4, 0.5) is 52.7 Å². The van der Waals surface area contributed by atoms with E-state index in [1.165, 1.54) is 6.92 Å². The minimum absolute atomic E-state index is 0.0982. The monoisotopic (exact) mass is 814 g/mol. The van der Waals surface area contributed by atoms with Crippen LogP contribution in [0.15, 0.2) is 121 Å². The van der Waals surface area contributed by atoms with Crippen LogP contribution in [0.2, 0.25) is 0 Å². The molecular formula is C41H32F12P2. The summed E-state index contributed by atoms with van der Waals surface area (Å²) in [6.07, 6.45) is -19.7. The fourth-order valence-electron chi connectivity index (χ4n) is 7.50. The van der Waals surface area contributed by atoms with Crippen molar-refractivity contribution in [1.82, 2.24) is 0 Å². The van der Waals surface area contributed by atoms with Crippen molar-refractivity contribution in [3.8, 4) is 0 Å². The molecule has 0 aliphatic heterocycles. The summed E-state index contributed by atoms with van der Waals surface area (Å²) in [5.74, 6) is -0.905. The Morgan fingerprint density at radius 2 is 0.855 bits per heavy atom. The predicted molar refractivity (Wildman–Crippen MR) is 194 cm³/mol. The van der Waals surface area contributed by atoms with E-state index in [4.69, 9.17) is 0 Å². The predicted octanol–water partition coefficient (Wildman–Crippen LogP) is 11.9. The lowest BCUT2D eigenvalue weighted by molar-refractivity contribution is -0.144. The molecule has 5 aromatic carbocycles.